The van der Waals surface area contributed by atoms with E-state index in [9.17, 15) is 4.79 Å². The zero-order valence-electron chi connectivity index (χ0n) is 9.24. The van der Waals surface area contributed by atoms with E-state index in [0.29, 0.717) is 25.6 Å². The van der Waals surface area contributed by atoms with Crippen LogP contribution in [0.25, 0.3) is 0 Å². The molecule has 4 nitrogen and oxygen atoms in total. The van der Waals surface area contributed by atoms with Gasteiger partial charge in [-0.1, -0.05) is 25.1 Å². The van der Waals surface area contributed by atoms with Gasteiger partial charge in [-0.15, -0.1) is 0 Å². The highest BCUT2D eigenvalue weighted by molar-refractivity contribution is 8.13. The van der Waals surface area contributed by atoms with Gasteiger partial charge in [-0.05, 0) is 6.42 Å². The Morgan fingerprint density at radius 2 is 1.87 bits per heavy atom. The van der Waals surface area contributed by atoms with Crippen molar-refractivity contribution < 1.29 is 19.4 Å². The summed E-state index contributed by atoms with van der Waals surface area (Å²) in [5.74, 6) is 0.592. The van der Waals surface area contributed by atoms with Gasteiger partial charge in [0, 0.05) is 12.4 Å². The summed E-state index contributed by atoms with van der Waals surface area (Å²) in [4.78, 5) is 10.7. The lowest BCUT2D eigenvalue weighted by Gasteiger charge is -2.04. The molecule has 0 bridgehead atoms. The third-order valence-electron chi connectivity index (χ3n) is 1.63. The summed E-state index contributed by atoms with van der Waals surface area (Å²) in [6, 6.07) is 0. The van der Waals surface area contributed by atoms with Gasteiger partial charge in [0.1, 0.15) is 6.61 Å². The Labute approximate surface area is 95.3 Å². The van der Waals surface area contributed by atoms with Crippen LogP contribution in [-0.2, 0) is 14.3 Å². The van der Waals surface area contributed by atoms with Crippen LogP contribution in [0.15, 0.2) is 0 Å². The van der Waals surface area contributed by atoms with Crippen molar-refractivity contribution in [2.75, 3.05) is 38.8 Å². The van der Waals surface area contributed by atoms with Crippen LogP contribution in [0.5, 0.6) is 0 Å². The van der Waals surface area contributed by atoms with E-state index in [1.165, 1.54) is 0 Å². The Morgan fingerprint density at radius 1 is 1.20 bits per heavy atom. The van der Waals surface area contributed by atoms with Crippen LogP contribution in [0, 0.1) is 0 Å². The minimum atomic E-state index is -0.398. The number of aliphatic hydroxyl groups is 1. The van der Waals surface area contributed by atoms with Crippen LogP contribution in [0.1, 0.15) is 19.8 Å². The Morgan fingerprint density at radius 3 is 2.47 bits per heavy atom. The maximum Gasteiger partial charge on any atom is 0.214 e. The molecule has 0 heterocycles. The average Bonchev–Trinajstić information content (AvgIpc) is 2.26. The van der Waals surface area contributed by atoms with Crippen molar-refractivity contribution in [3.05, 3.63) is 0 Å². The zero-order valence-corrected chi connectivity index (χ0v) is 10.1. The van der Waals surface area contributed by atoms with E-state index in [1.807, 2.05) is 0 Å². The summed E-state index contributed by atoms with van der Waals surface area (Å²) in [7, 11) is 0. The predicted octanol–water partition coefficient (Wildman–Crippen LogP) is 1.07. The first-order chi connectivity index (χ1) is 7.31. The predicted molar refractivity (Wildman–Crippen MR) is 61.1 cm³/mol. The molecular weight excluding hydrogens is 216 g/mol. The van der Waals surface area contributed by atoms with Gasteiger partial charge in [0.2, 0.25) is 5.12 Å². The standard InChI is InChI=1S/C10H20O4S/c1-2-3-4-13-5-6-14-7-8-15-10(12)9-11/h11H,2-9H2,1H3. The van der Waals surface area contributed by atoms with Crippen molar-refractivity contribution in [1.29, 1.82) is 0 Å². The van der Waals surface area contributed by atoms with E-state index in [0.717, 1.165) is 31.2 Å². The number of rotatable bonds is 10. The van der Waals surface area contributed by atoms with E-state index in [4.69, 9.17) is 14.6 Å². The molecule has 0 fully saturated rings. The Balaban J connectivity index is 2.95. The van der Waals surface area contributed by atoms with Crippen molar-refractivity contribution in [3.63, 3.8) is 0 Å². The molecule has 0 aliphatic rings. The number of unbranched alkanes of at least 4 members (excludes halogenated alkanes) is 1. The number of hydrogen-bond donors (Lipinski definition) is 1. The minimum absolute atomic E-state index is 0.210. The molecule has 0 atom stereocenters. The molecule has 0 amide bonds. The molecule has 1 N–H and O–H groups in total. The number of hydrogen-bond acceptors (Lipinski definition) is 5. The molecule has 0 unspecified atom stereocenters. The van der Waals surface area contributed by atoms with E-state index in [2.05, 4.69) is 6.92 Å². The third-order valence-corrected chi connectivity index (χ3v) is 2.46. The van der Waals surface area contributed by atoms with Gasteiger partial charge in [-0.2, -0.15) is 0 Å². The summed E-state index contributed by atoms with van der Waals surface area (Å²) in [5, 5.41) is 8.22. The molecule has 15 heavy (non-hydrogen) atoms. The maximum absolute atomic E-state index is 10.7. The fourth-order valence-electron chi connectivity index (χ4n) is 0.828. The molecule has 0 aliphatic heterocycles. The lowest BCUT2D eigenvalue weighted by molar-refractivity contribution is -0.113. The third kappa shape index (κ3) is 11.8. The van der Waals surface area contributed by atoms with E-state index >= 15 is 0 Å². The smallest absolute Gasteiger partial charge is 0.214 e. The Kier molecular flexibility index (Phi) is 11.9. The van der Waals surface area contributed by atoms with Crippen molar-refractivity contribution >= 4 is 16.9 Å². The molecule has 0 aliphatic carbocycles. The first-order valence-corrected chi connectivity index (χ1v) is 6.21. The van der Waals surface area contributed by atoms with Crippen LogP contribution in [0.3, 0.4) is 0 Å². The fraction of sp³-hybridized carbons (Fsp3) is 0.900. The molecule has 0 rings (SSSR count). The number of aliphatic hydroxyl groups excluding tert-OH is 1. The van der Waals surface area contributed by atoms with Crippen LogP contribution >= 0.6 is 11.8 Å². The maximum atomic E-state index is 10.7. The zero-order chi connectivity index (χ0) is 11.4. The SMILES string of the molecule is CCCCOCCOCCSC(=O)CO. The van der Waals surface area contributed by atoms with E-state index in [1.54, 1.807) is 0 Å². The lowest BCUT2D eigenvalue weighted by atomic mass is 10.4. The van der Waals surface area contributed by atoms with Crippen molar-refractivity contribution in [2.24, 2.45) is 0 Å². The monoisotopic (exact) mass is 236 g/mol. The molecular formula is C10H20O4S. The largest absolute Gasteiger partial charge is 0.388 e. The first-order valence-electron chi connectivity index (χ1n) is 5.23. The van der Waals surface area contributed by atoms with Crippen LogP contribution in [0.4, 0.5) is 0 Å². The summed E-state index contributed by atoms with van der Waals surface area (Å²) < 4.78 is 10.5. The second kappa shape index (κ2) is 12.0. The molecule has 0 saturated carbocycles. The highest BCUT2D eigenvalue weighted by Gasteiger charge is 1.98. The van der Waals surface area contributed by atoms with Crippen LogP contribution < -0.4 is 0 Å². The highest BCUT2D eigenvalue weighted by Crippen LogP contribution is 2.00. The van der Waals surface area contributed by atoms with E-state index < -0.39 is 6.61 Å². The van der Waals surface area contributed by atoms with Crippen molar-refractivity contribution in [3.8, 4) is 0 Å². The van der Waals surface area contributed by atoms with Crippen LogP contribution in [0.2, 0.25) is 0 Å². The second-order valence-corrected chi connectivity index (χ2v) is 4.11. The summed E-state index contributed by atoms with van der Waals surface area (Å²) >= 11 is 1.09. The summed E-state index contributed by atoms with van der Waals surface area (Å²) in [6.07, 6.45) is 2.22. The molecule has 0 radical (unpaired) electrons. The number of ether oxygens (including phenoxy) is 2. The molecule has 0 aromatic carbocycles. The fourth-order valence-corrected chi connectivity index (χ4v) is 1.35. The summed E-state index contributed by atoms with van der Waals surface area (Å²) in [5.41, 5.74) is 0. The molecule has 90 valence electrons. The minimum Gasteiger partial charge on any atom is -0.388 e. The highest BCUT2D eigenvalue weighted by atomic mass is 32.2. The van der Waals surface area contributed by atoms with Gasteiger partial charge >= 0.3 is 0 Å². The van der Waals surface area contributed by atoms with Crippen molar-refractivity contribution in [1.82, 2.24) is 0 Å². The average molecular weight is 236 g/mol. The first kappa shape index (κ1) is 14.9. The van der Waals surface area contributed by atoms with Crippen LogP contribution in [-0.4, -0.2) is 49.0 Å². The molecule has 0 saturated heterocycles. The summed E-state index contributed by atoms with van der Waals surface area (Å²) in [6.45, 7) is 4.21. The Bertz CT molecular complexity index is 152. The van der Waals surface area contributed by atoms with Gasteiger partial charge in [0.25, 0.3) is 0 Å². The van der Waals surface area contributed by atoms with Gasteiger partial charge in [-0.3, -0.25) is 4.79 Å². The van der Waals surface area contributed by atoms with Gasteiger partial charge < -0.3 is 14.6 Å². The molecule has 0 aromatic rings. The number of thioether (sulfide) groups is 1. The molecule has 0 spiro atoms. The molecule has 0 aromatic heterocycles. The Hall–Kier alpha value is -0.100. The second-order valence-electron chi connectivity index (χ2n) is 2.96. The van der Waals surface area contributed by atoms with Gasteiger partial charge in [0.05, 0.1) is 19.8 Å². The topological polar surface area (TPSA) is 55.8 Å². The number of carbonyl (C=O) groups excluding carboxylic acids is 1. The van der Waals surface area contributed by atoms with Gasteiger partial charge in [-0.25, -0.2) is 0 Å². The van der Waals surface area contributed by atoms with E-state index in [-0.39, 0.29) is 5.12 Å². The lowest BCUT2D eigenvalue weighted by Crippen LogP contribution is -2.08. The van der Waals surface area contributed by atoms with Gasteiger partial charge in [0.15, 0.2) is 0 Å². The normalized spacial score (nSPS) is 10.5. The number of carbonyl (C=O) groups is 1. The van der Waals surface area contributed by atoms with Crippen molar-refractivity contribution in [2.45, 2.75) is 19.8 Å². The quantitative estimate of drug-likeness (QED) is 0.575. The molecule has 5 heteroatoms.